The number of fused-ring (bicyclic) bond motifs is 1. The highest BCUT2D eigenvalue weighted by molar-refractivity contribution is 6.02. The van der Waals surface area contributed by atoms with Crippen LogP contribution in [0.3, 0.4) is 0 Å². The minimum atomic E-state index is -0.630. The van der Waals surface area contributed by atoms with Gasteiger partial charge < -0.3 is 4.90 Å². The molecule has 0 N–H and O–H groups in total. The largest absolute Gasteiger partial charge is 0.355 e. The van der Waals surface area contributed by atoms with Crippen molar-refractivity contribution in [2.45, 2.75) is 25.8 Å². The van der Waals surface area contributed by atoms with Gasteiger partial charge in [0.05, 0.1) is 6.07 Å². The Hall–Kier alpha value is -2.35. The fraction of sp³-hybridized carbons (Fsp3) is 0.400. The van der Waals surface area contributed by atoms with Gasteiger partial charge in [0.15, 0.2) is 11.9 Å². The van der Waals surface area contributed by atoms with Crippen molar-refractivity contribution in [3.8, 4) is 6.07 Å². The van der Waals surface area contributed by atoms with Crippen LogP contribution in [0.2, 0.25) is 0 Å². The van der Waals surface area contributed by atoms with Gasteiger partial charge in [0.1, 0.15) is 0 Å². The van der Waals surface area contributed by atoms with Crippen LogP contribution >= 0.6 is 0 Å². The number of hydrogen-bond donors (Lipinski definition) is 0. The van der Waals surface area contributed by atoms with Crippen LogP contribution in [0.15, 0.2) is 29.4 Å². The van der Waals surface area contributed by atoms with E-state index in [-0.39, 0.29) is 5.91 Å². The first-order valence-electron chi connectivity index (χ1n) is 6.84. The number of carbonyl (C=O) groups excluding carboxylic acids is 1. The average molecular weight is 268 g/mol. The summed E-state index contributed by atoms with van der Waals surface area (Å²) < 4.78 is 0. The Balaban J connectivity index is 2.12. The summed E-state index contributed by atoms with van der Waals surface area (Å²) in [5, 5.41) is 15.1. The molecule has 5 nitrogen and oxygen atoms in total. The van der Waals surface area contributed by atoms with Gasteiger partial charge in [-0.05, 0) is 12.8 Å². The van der Waals surface area contributed by atoms with Gasteiger partial charge in [-0.15, -0.1) is 5.10 Å². The first kappa shape index (κ1) is 12.7. The summed E-state index contributed by atoms with van der Waals surface area (Å²) in [5.41, 5.74) is 1.83. The second-order valence-electron chi connectivity index (χ2n) is 5.10. The Morgan fingerprint density at radius 3 is 2.70 bits per heavy atom. The molecule has 1 amide bonds. The van der Waals surface area contributed by atoms with Crippen molar-refractivity contribution in [1.82, 2.24) is 9.91 Å². The molecule has 0 saturated carbocycles. The summed E-state index contributed by atoms with van der Waals surface area (Å²) in [5.74, 6) is 0.613. The van der Waals surface area contributed by atoms with Crippen LogP contribution in [0.5, 0.6) is 0 Å². The lowest BCUT2D eigenvalue weighted by Crippen LogP contribution is -2.40. The summed E-state index contributed by atoms with van der Waals surface area (Å²) in [6, 6.07) is 9.28. The molecule has 5 heteroatoms. The van der Waals surface area contributed by atoms with E-state index in [2.05, 4.69) is 16.1 Å². The standard InChI is InChI=1S/C15H16N4O/c1-11(20)19-14(10-16)12-6-2-3-7-13(12)15(17-19)18-8-4-5-9-18/h2-3,6-7,14H,4-5,8-9H2,1H3. The number of benzene rings is 1. The van der Waals surface area contributed by atoms with E-state index < -0.39 is 6.04 Å². The molecular formula is C15H16N4O. The van der Waals surface area contributed by atoms with Gasteiger partial charge in [-0.3, -0.25) is 4.79 Å². The number of hydrazone groups is 1. The van der Waals surface area contributed by atoms with E-state index in [1.807, 2.05) is 24.3 Å². The van der Waals surface area contributed by atoms with Crippen molar-refractivity contribution >= 4 is 11.7 Å². The summed E-state index contributed by atoms with van der Waals surface area (Å²) in [6.07, 6.45) is 2.28. The summed E-state index contributed by atoms with van der Waals surface area (Å²) >= 11 is 0. The van der Waals surface area contributed by atoms with E-state index in [0.717, 1.165) is 42.9 Å². The first-order chi connectivity index (χ1) is 9.72. The SMILES string of the molecule is CC(=O)N1N=C(N2CCCC2)c2ccccc2C1C#N. The Labute approximate surface area is 118 Å². The maximum Gasteiger partial charge on any atom is 0.241 e. The molecule has 1 fully saturated rings. The van der Waals surface area contributed by atoms with Crippen LogP contribution < -0.4 is 0 Å². The van der Waals surface area contributed by atoms with Crippen LogP contribution in [-0.2, 0) is 4.79 Å². The van der Waals surface area contributed by atoms with Crippen molar-refractivity contribution in [2.24, 2.45) is 5.10 Å². The number of likely N-dealkylation sites (tertiary alicyclic amines) is 1. The molecule has 1 unspecified atom stereocenters. The van der Waals surface area contributed by atoms with Crippen molar-refractivity contribution in [2.75, 3.05) is 13.1 Å². The highest BCUT2D eigenvalue weighted by atomic mass is 16.2. The van der Waals surface area contributed by atoms with Gasteiger partial charge in [0, 0.05) is 31.1 Å². The van der Waals surface area contributed by atoms with E-state index >= 15 is 0 Å². The number of amidine groups is 1. The monoisotopic (exact) mass is 268 g/mol. The molecule has 1 aromatic rings. The molecule has 0 radical (unpaired) electrons. The number of nitrogens with zero attached hydrogens (tertiary/aromatic N) is 4. The lowest BCUT2D eigenvalue weighted by molar-refractivity contribution is -0.130. The molecule has 0 aromatic heterocycles. The molecular weight excluding hydrogens is 252 g/mol. The third-order valence-corrected chi connectivity index (χ3v) is 3.79. The zero-order chi connectivity index (χ0) is 14.1. The average Bonchev–Trinajstić information content (AvgIpc) is 2.99. The second kappa shape index (κ2) is 4.97. The maximum atomic E-state index is 11.8. The quantitative estimate of drug-likeness (QED) is 0.721. The fourth-order valence-electron chi connectivity index (χ4n) is 2.82. The topological polar surface area (TPSA) is 59.7 Å². The van der Waals surface area contributed by atoms with Crippen molar-refractivity contribution in [3.05, 3.63) is 35.4 Å². The molecule has 0 bridgehead atoms. The van der Waals surface area contributed by atoms with E-state index in [1.165, 1.54) is 11.9 Å². The molecule has 1 saturated heterocycles. The molecule has 3 rings (SSSR count). The first-order valence-corrected chi connectivity index (χ1v) is 6.84. The highest BCUT2D eigenvalue weighted by Crippen LogP contribution is 2.31. The van der Waals surface area contributed by atoms with Gasteiger partial charge in [-0.2, -0.15) is 5.26 Å². The molecule has 2 aliphatic heterocycles. The minimum Gasteiger partial charge on any atom is -0.355 e. The number of amides is 1. The minimum absolute atomic E-state index is 0.206. The Morgan fingerprint density at radius 1 is 1.35 bits per heavy atom. The molecule has 1 aromatic carbocycles. The Morgan fingerprint density at radius 2 is 2.05 bits per heavy atom. The van der Waals surface area contributed by atoms with Crippen LogP contribution in [0.25, 0.3) is 0 Å². The van der Waals surface area contributed by atoms with E-state index in [9.17, 15) is 10.1 Å². The fourth-order valence-corrected chi connectivity index (χ4v) is 2.82. The molecule has 0 spiro atoms. The normalized spacial score (nSPS) is 21.2. The van der Waals surface area contributed by atoms with E-state index in [4.69, 9.17) is 0 Å². The molecule has 20 heavy (non-hydrogen) atoms. The second-order valence-corrected chi connectivity index (χ2v) is 5.10. The van der Waals surface area contributed by atoms with E-state index in [0.29, 0.717) is 0 Å². The Bertz CT molecular complexity index is 611. The third-order valence-electron chi connectivity index (χ3n) is 3.79. The smallest absolute Gasteiger partial charge is 0.241 e. The van der Waals surface area contributed by atoms with Gasteiger partial charge >= 0.3 is 0 Å². The Kier molecular flexibility index (Phi) is 3.15. The molecule has 2 aliphatic rings. The highest BCUT2D eigenvalue weighted by Gasteiger charge is 2.33. The number of hydrogen-bond acceptors (Lipinski definition) is 4. The van der Waals surface area contributed by atoms with Gasteiger partial charge in [0.2, 0.25) is 5.91 Å². The summed E-state index contributed by atoms with van der Waals surface area (Å²) in [6.45, 7) is 3.36. The van der Waals surface area contributed by atoms with Gasteiger partial charge in [-0.25, -0.2) is 5.01 Å². The zero-order valence-corrected chi connectivity index (χ0v) is 11.4. The van der Waals surface area contributed by atoms with Crippen LogP contribution in [0.4, 0.5) is 0 Å². The van der Waals surface area contributed by atoms with E-state index in [1.54, 1.807) is 0 Å². The summed E-state index contributed by atoms with van der Waals surface area (Å²) in [4.78, 5) is 14.0. The summed E-state index contributed by atoms with van der Waals surface area (Å²) in [7, 11) is 0. The van der Waals surface area contributed by atoms with Crippen LogP contribution in [0, 0.1) is 11.3 Å². The number of rotatable bonds is 0. The predicted octanol–water partition coefficient (Wildman–Crippen LogP) is 1.87. The zero-order valence-electron chi connectivity index (χ0n) is 11.4. The molecule has 1 atom stereocenters. The lowest BCUT2D eigenvalue weighted by atomic mass is 9.98. The van der Waals surface area contributed by atoms with Gasteiger partial charge in [0.25, 0.3) is 0 Å². The van der Waals surface area contributed by atoms with Crippen LogP contribution in [0.1, 0.15) is 36.9 Å². The number of nitriles is 1. The lowest BCUT2D eigenvalue weighted by Gasteiger charge is -2.32. The van der Waals surface area contributed by atoms with Crippen LogP contribution in [-0.4, -0.2) is 34.7 Å². The predicted molar refractivity (Wildman–Crippen MR) is 74.7 cm³/mol. The molecule has 2 heterocycles. The maximum absolute atomic E-state index is 11.8. The van der Waals surface area contributed by atoms with Crippen molar-refractivity contribution in [3.63, 3.8) is 0 Å². The van der Waals surface area contributed by atoms with Crippen molar-refractivity contribution in [1.29, 1.82) is 5.26 Å². The van der Waals surface area contributed by atoms with Crippen molar-refractivity contribution < 1.29 is 4.79 Å². The molecule has 102 valence electrons. The van der Waals surface area contributed by atoms with Gasteiger partial charge in [-0.1, -0.05) is 24.3 Å². The molecule has 0 aliphatic carbocycles. The number of carbonyl (C=O) groups is 1. The third kappa shape index (κ3) is 1.94.